The number of hydrogen-bond acceptors (Lipinski definition) is 2. The van der Waals surface area contributed by atoms with Crippen molar-refractivity contribution in [2.45, 2.75) is 17.9 Å². The predicted molar refractivity (Wildman–Crippen MR) is 61.6 cm³/mol. The molecule has 1 aliphatic carbocycles. The molecule has 0 aliphatic heterocycles. The third-order valence-corrected chi connectivity index (χ3v) is 2.43. The van der Waals surface area contributed by atoms with Gasteiger partial charge in [0.1, 0.15) is 0 Å². The largest absolute Gasteiger partial charge is 0.390 e. The third-order valence-electron chi connectivity index (χ3n) is 1.82. The number of alkyl halides is 2. The number of hydrogen-bond donors (Lipinski definition) is 1. The van der Waals surface area contributed by atoms with E-state index >= 15 is 0 Å². The van der Waals surface area contributed by atoms with Crippen LogP contribution >= 0.6 is 23.2 Å². The SMILES string of the molecule is CC1(Cl)C=CC(=NC[C@H](O)CCl)C=C1. The molecule has 4 heteroatoms. The highest BCUT2D eigenvalue weighted by Gasteiger charge is 2.15. The molecule has 0 heterocycles. The number of allylic oxidation sites excluding steroid dienone is 4. The molecule has 0 radical (unpaired) electrons. The number of nitrogens with zero attached hydrogens (tertiary/aromatic N) is 1. The summed E-state index contributed by atoms with van der Waals surface area (Å²) < 4.78 is 0. The van der Waals surface area contributed by atoms with Crippen LogP contribution in [0.1, 0.15) is 6.92 Å². The molecule has 1 N–H and O–H groups in total. The Kier molecular flexibility index (Phi) is 4.17. The Morgan fingerprint density at radius 3 is 2.57 bits per heavy atom. The van der Waals surface area contributed by atoms with E-state index in [9.17, 15) is 5.11 Å². The molecule has 14 heavy (non-hydrogen) atoms. The summed E-state index contributed by atoms with van der Waals surface area (Å²) in [6.45, 7) is 2.22. The van der Waals surface area contributed by atoms with Crippen molar-refractivity contribution in [2.24, 2.45) is 4.99 Å². The monoisotopic (exact) mass is 233 g/mol. The molecule has 0 bridgehead atoms. The summed E-state index contributed by atoms with van der Waals surface area (Å²) >= 11 is 11.5. The molecule has 0 unspecified atom stereocenters. The van der Waals surface area contributed by atoms with Crippen LogP contribution in [0.2, 0.25) is 0 Å². The first-order valence-electron chi connectivity index (χ1n) is 4.39. The number of aliphatic imine (C=N–C) groups is 1. The zero-order chi connectivity index (χ0) is 10.6. The van der Waals surface area contributed by atoms with E-state index in [2.05, 4.69) is 4.99 Å². The summed E-state index contributed by atoms with van der Waals surface area (Å²) in [5, 5.41) is 9.18. The molecular formula is C10H13Cl2NO. The van der Waals surface area contributed by atoms with Crippen molar-refractivity contribution in [3.05, 3.63) is 24.3 Å². The Balaban J connectivity index is 2.53. The Morgan fingerprint density at radius 1 is 1.50 bits per heavy atom. The normalized spacial score (nSPS) is 27.9. The smallest absolute Gasteiger partial charge is 0.0870 e. The molecule has 0 aromatic carbocycles. The molecule has 0 fully saturated rings. The van der Waals surface area contributed by atoms with E-state index in [1.54, 1.807) is 0 Å². The van der Waals surface area contributed by atoms with Crippen LogP contribution in [0, 0.1) is 0 Å². The summed E-state index contributed by atoms with van der Waals surface area (Å²) in [5.74, 6) is 0.206. The standard InChI is InChI=1S/C10H13Cl2NO/c1-10(12)4-2-8(3-5-10)13-7-9(14)6-11/h2-5,9,14H,6-7H2,1H3/t9-,10?/m1/s1. The van der Waals surface area contributed by atoms with Gasteiger partial charge in [-0.15, -0.1) is 23.2 Å². The lowest BCUT2D eigenvalue weighted by Crippen LogP contribution is -2.16. The van der Waals surface area contributed by atoms with E-state index in [0.717, 1.165) is 5.71 Å². The van der Waals surface area contributed by atoms with Gasteiger partial charge in [-0.2, -0.15) is 0 Å². The third kappa shape index (κ3) is 3.82. The van der Waals surface area contributed by atoms with E-state index in [4.69, 9.17) is 23.2 Å². The molecule has 0 aromatic heterocycles. The highest BCUT2D eigenvalue weighted by molar-refractivity contribution is 6.27. The van der Waals surface area contributed by atoms with Crippen LogP contribution in [0.4, 0.5) is 0 Å². The van der Waals surface area contributed by atoms with Gasteiger partial charge in [0, 0.05) is 0 Å². The first-order chi connectivity index (χ1) is 6.53. The molecule has 0 saturated heterocycles. The molecule has 0 amide bonds. The molecule has 1 rings (SSSR count). The van der Waals surface area contributed by atoms with Crippen molar-refractivity contribution in [3.63, 3.8) is 0 Å². The van der Waals surface area contributed by atoms with Crippen LogP contribution in [-0.4, -0.2) is 34.2 Å². The fraction of sp³-hybridized carbons (Fsp3) is 0.500. The minimum atomic E-state index is -0.574. The lowest BCUT2D eigenvalue weighted by Gasteiger charge is -2.15. The summed E-state index contributed by atoms with van der Waals surface area (Å²) in [6, 6.07) is 0. The first-order valence-corrected chi connectivity index (χ1v) is 5.30. The number of aliphatic hydroxyl groups is 1. The van der Waals surface area contributed by atoms with E-state index < -0.39 is 11.0 Å². The van der Waals surface area contributed by atoms with Gasteiger partial charge in [-0.05, 0) is 19.1 Å². The van der Waals surface area contributed by atoms with Crippen LogP contribution in [0.15, 0.2) is 29.3 Å². The van der Waals surface area contributed by atoms with Crippen molar-refractivity contribution in [1.82, 2.24) is 0 Å². The second-order valence-electron chi connectivity index (χ2n) is 3.39. The van der Waals surface area contributed by atoms with Crippen molar-refractivity contribution >= 4 is 28.9 Å². The van der Waals surface area contributed by atoms with Gasteiger partial charge in [0.25, 0.3) is 0 Å². The van der Waals surface area contributed by atoms with Gasteiger partial charge >= 0.3 is 0 Å². The second-order valence-corrected chi connectivity index (χ2v) is 4.51. The van der Waals surface area contributed by atoms with Crippen molar-refractivity contribution in [2.75, 3.05) is 12.4 Å². The number of halogens is 2. The summed E-state index contributed by atoms with van der Waals surface area (Å²) in [6.07, 6.45) is 6.83. The van der Waals surface area contributed by atoms with Gasteiger partial charge in [-0.25, -0.2) is 0 Å². The maximum atomic E-state index is 9.18. The molecule has 0 saturated carbocycles. The van der Waals surface area contributed by atoms with Gasteiger partial charge in [0.2, 0.25) is 0 Å². The molecule has 0 aromatic rings. The average Bonchev–Trinajstić information content (AvgIpc) is 2.16. The minimum Gasteiger partial charge on any atom is -0.390 e. The summed E-state index contributed by atoms with van der Waals surface area (Å²) in [7, 11) is 0. The van der Waals surface area contributed by atoms with Crippen molar-refractivity contribution in [3.8, 4) is 0 Å². The first kappa shape index (κ1) is 11.8. The Morgan fingerprint density at radius 2 is 2.07 bits per heavy atom. The van der Waals surface area contributed by atoms with Gasteiger partial charge < -0.3 is 5.11 Å². The zero-order valence-corrected chi connectivity index (χ0v) is 9.46. The minimum absolute atomic E-state index is 0.206. The van der Waals surface area contributed by atoms with Crippen LogP contribution < -0.4 is 0 Å². The van der Waals surface area contributed by atoms with Gasteiger partial charge in [-0.3, -0.25) is 4.99 Å². The van der Waals surface area contributed by atoms with E-state index in [0.29, 0.717) is 6.54 Å². The molecule has 78 valence electrons. The van der Waals surface area contributed by atoms with Crippen LogP contribution in [0.5, 0.6) is 0 Å². The fourth-order valence-electron chi connectivity index (χ4n) is 0.973. The maximum absolute atomic E-state index is 9.18. The Hall–Kier alpha value is -0.310. The van der Waals surface area contributed by atoms with Gasteiger partial charge in [0.15, 0.2) is 0 Å². The second kappa shape index (κ2) is 4.96. The highest BCUT2D eigenvalue weighted by Crippen LogP contribution is 2.21. The quantitative estimate of drug-likeness (QED) is 0.745. The average molecular weight is 234 g/mol. The fourth-order valence-corrected chi connectivity index (χ4v) is 1.20. The molecular weight excluding hydrogens is 221 g/mol. The summed E-state index contributed by atoms with van der Waals surface area (Å²) in [4.78, 5) is 3.76. The van der Waals surface area contributed by atoms with Crippen LogP contribution in [0.25, 0.3) is 0 Å². The van der Waals surface area contributed by atoms with Gasteiger partial charge in [-0.1, -0.05) is 12.2 Å². The number of aliphatic hydroxyl groups excluding tert-OH is 1. The molecule has 2 nitrogen and oxygen atoms in total. The molecule has 1 atom stereocenters. The lowest BCUT2D eigenvalue weighted by molar-refractivity contribution is 0.207. The maximum Gasteiger partial charge on any atom is 0.0870 e. The molecule has 1 aliphatic rings. The highest BCUT2D eigenvalue weighted by atomic mass is 35.5. The van der Waals surface area contributed by atoms with Crippen molar-refractivity contribution in [1.29, 1.82) is 0 Å². The van der Waals surface area contributed by atoms with E-state index in [-0.39, 0.29) is 5.88 Å². The van der Waals surface area contributed by atoms with E-state index in [1.807, 2.05) is 31.2 Å². The zero-order valence-electron chi connectivity index (χ0n) is 7.95. The number of rotatable bonds is 3. The summed E-state index contributed by atoms with van der Waals surface area (Å²) in [5.41, 5.74) is 0.812. The van der Waals surface area contributed by atoms with E-state index in [1.165, 1.54) is 0 Å². The Labute approximate surface area is 93.9 Å². The predicted octanol–water partition coefficient (Wildman–Crippen LogP) is 2.15. The lowest BCUT2D eigenvalue weighted by atomic mass is 10.0. The van der Waals surface area contributed by atoms with Crippen molar-refractivity contribution < 1.29 is 5.11 Å². The Bertz CT molecular complexity index is 264. The topological polar surface area (TPSA) is 32.6 Å². The van der Waals surface area contributed by atoms with Crippen LogP contribution in [-0.2, 0) is 0 Å². The molecule has 0 spiro atoms. The van der Waals surface area contributed by atoms with Gasteiger partial charge in [0.05, 0.1) is 29.1 Å². The van der Waals surface area contributed by atoms with Crippen LogP contribution in [0.3, 0.4) is 0 Å².